The van der Waals surface area contributed by atoms with Crippen LogP contribution in [0.2, 0.25) is 0 Å². The van der Waals surface area contributed by atoms with Crippen molar-refractivity contribution in [3.63, 3.8) is 0 Å². The van der Waals surface area contributed by atoms with Crippen molar-refractivity contribution >= 4 is 33.7 Å². The Balaban J connectivity index is 1.54. The molecule has 8 nitrogen and oxygen atoms in total. The highest BCUT2D eigenvalue weighted by Crippen LogP contribution is 2.29. The Morgan fingerprint density at radius 1 is 1.28 bits per heavy atom. The quantitative estimate of drug-likeness (QED) is 0.635. The van der Waals surface area contributed by atoms with E-state index in [1.807, 2.05) is 31.2 Å². The first-order chi connectivity index (χ1) is 15.3. The minimum atomic E-state index is -1.04. The van der Waals surface area contributed by atoms with Crippen molar-refractivity contribution in [1.29, 1.82) is 0 Å². The first kappa shape index (κ1) is 22.5. The SMILES string of the molecule is CCN1C(=O)c2c(C(=O)NCc3cccc(Br)c3)ncn2CC1(C)C(=O)NC1CCCC1. The number of amides is 3. The van der Waals surface area contributed by atoms with Gasteiger partial charge in [0.25, 0.3) is 11.8 Å². The second-order valence-electron chi connectivity index (χ2n) is 8.66. The van der Waals surface area contributed by atoms with E-state index in [-0.39, 0.29) is 35.8 Å². The van der Waals surface area contributed by atoms with Gasteiger partial charge in [-0.3, -0.25) is 14.4 Å². The second kappa shape index (κ2) is 9.05. The van der Waals surface area contributed by atoms with Crippen LogP contribution in [0.15, 0.2) is 35.1 Å². The predicted molar refractivity (Wildman–Crippen MR) is 123 cm³/mol. The van der Waals surface area contributed by atoms with Crippen LogP contribution in [0.5, 0.6) is 0 Å². The third-order valence-corrected chi connectivity index (χ3v) is 6.91. The Labute approximate surface area is 195 Å². The second-order valence-corrected chi connectivity index (χ2v) is 9.58. The van der Waals surface area contributed by atoms with Gasteiger partial charge < -0.3 is 20.1 Å². The van der Waals surface area contributed by atoms with E-state index in [2.05, 4.69) is 31.5 Å². The summed E-state index contributed by atoms with van der Waals surface area (Å²) < 4.78 is 2.56. The van der Waals surface area contributed by atoms with Gasteiger partial charge in [0, 0.05) is 23.6 Å². The summed E-state index contributed by atoms with van der Waals surface area (Å²) in [6.45, 7) is 4.56. The molecule has 2 aliphatic rings. The van der Waals surface area contributed by atoms with Crippen LogP contribution in [0.25, 0.3) is 0 Å². The van der Waals surface area contributed by atoms with Crippen LogP contribution < -0.4 is 10.6 Å². The fourth-order valence-electron chi connectivity index (χ4n) is 4.67. The molecule has 2 heterocycles. The standard InChI is InChI=1S/C23H28BrN5O3/c1-3-29-21(31)19-18(20(30)25-12-15-7-6-8-16(24)11-15)26-14-28(19)13-23(29,2)22(32)27-17-9-4-5-10-17/h6-8,11,14,17H,3-5,9-10,12-13H2,1-2H3,(H,25,30)(H,27,32). The fourth-order valence-corrected chi connectivity index (χ4v) is 5.12. The third-order valence-electron chi connectivity index (χ3n) is 6.41. The van der Waals surface area contributed by atoms with E-state index in [4.69, 9.17) is 0 Å². The van der Waals surface area contributed by atoms with Crippen molar-refractivity contribution in [2.24, 2.45) is 0 Å². The summed E-state index contributed by atoms with van der Waals surface area (Å²) in [5, 5.41) is 5.97. The minimum absolute atomic E-state index is 0.0849. The molecule has 0 radical (unpaired) electrons. The smallest absolute Gasteiger partial charge is 0.273 e. The molecular weight excluding hydrogens is 474 g/mol. The lowest BCUT2D eigenvalue weighted by molar-refractivity contribution is -0.133. The topological polar surface area (TPSA) is 96.3 Å². The molecule has 0 bridgehead atoms. The van der Waals surface area contributed by atoms with E-state index < -0.39 is 11.4 Å². The molecule has 1 saturated carbocycles. The van der Waals surface area contributed by atoms with E-state index in [9.17, 15) is 14.4 Å². The third kappa shape index (κ3) is 4.18. The lowest BCUT2D eigenvalue weighted by atomic mass is 9.94. The minimum Gasteiger partial charge on any atom is -0.351 e. The van der Waals surface area contributed by atoms with Gasteiger partial charge in [0.2, 0.25) is 5.91 Å². The number of nitrogens with zero attached hydrogens (tertiary/aromatic N) is 3. The molecular formula is C23H28BrN5O3. The zero-order valence-corrected chi connectivity index (χ0v) is 19.9. The van der Waals surface area contributed by atoms with Crippen LogP contribution in [0.1, 0.15) is 66.1 Å². The number of imidazole rings is 1. The monoisotopic (exact) mass is 501 g/mol. The number of aromatic nitrogens is 2. The highest BCUT2D eigenvalue weighted by molar-refractivity contribution is 9.10. The summed E-state index contributed by atoms with van der Waals surface area (Å²) in [5.74, 6) is -0.922. The molecule has 0 spiro atoms. The Morgan fingerprint density at radius 3 is 2.72 bits per heavy atom. The van der Waals surface area contributed by atoms with E-state index in [0.717, 1.165) is 35.7 Å². The van der Waals surface area contributed by atoms with Crippen LogP contribution in [0, 0.1) is 0 Å². The number of fused-ring (bicyclic) bond motifs is 1. The summed E-state index contributed by atoms with van der Waals surface area (Å²) in [4.78, 5) is 45.3. The van der Waals surface area contributed by atoms with Crippen LogP contribution in [-0.4, -0.2) is 50.3 Å². The maximum atomic E-state index is 13.4. The first-order valence-corrected chi connectivity index (χ1v) is 11.8. The highest BCUT2D eigenvalue weighted by Gasteiger charge is 2.48. The predicted octanol–water partition coefficient (Wildman–Crippen LogP) is 2.87. The zero-order chi connectivity index (χ0) is 22.9. The maximum Gasteiger partial charge on any atom is 0.273 e. The van der Waals surface area contributed by atoms with Gasteiger partial charge in [0.1, 0.15) is 11.2 Å². The van der Waals surface area contributed by atoms with Gasteiger partial charge >= 0.3 is 0 Å². The van der Waals surface area contributed by atoms with Gasteiger partial charge in [-0.05, 0) is 44.4 Å². The summed E-state index contributed by atoms with van der Waals surface area (Å²) in [6.07, 6.45) is 5.65. The fraction of sp³-hybridized carbons (Fsp3) is 0.478. The van der Waals surface area contributed by atoms with E-state index >= 15 is 0 Å². The molecule has 32 heavy (non-hydrogen) atoms. The molecule has 9 heteroatoms. The first-order valence-electron chi connectivity index (χ1n) is 11.0. The molecule has 1 unspecified atom stereocenters. The van der Waals surface area contributed by atoms with E-state index in [1.54, 1.807) is 16.4 Å². The van der Waals surface area contributed by atoms with Crippen molar-refractivity contribution < 1.29 is 14.4 Å². The Kier molecular flexibility index (Phi) is 6.37. The zero-order valence-electron chi connectivity index (χ0n) is 18.4. The maximum absolute atomic E-state index is 13.4. The van der Waals surface area contributed by atoms with Crippen LogP contribution in [-0.2, 0) is 17.9 Å². The molecule has 3 amide bonds. The molecule has 170 valence electrons. The molecule has 1 aliphatic heterocycles. The molecule has 0 saturated heterocycles. The van der Waals surface area contributed by atoms with Gasteiger partial charge in [-0.2, -0.15) is 0 Å². The Morgan fingerprint density at radius 2 is 2.03 bits per heavy atom. The van der Waals surface area contributed by atoms with Gasteiger partial charge in [-0.15, -0.1) is 0 Å². The summed E-state index contributed by atoms with van der Waals surface area (Å²) >= 11 is 3.42. The average molecular weight is 502 g/mol. The molecule has 4 rings (SSSR count). The lowest BCUT2D eigenvalue weighted by Crippen LogP contribution is -2.64. The number of hydrogen-bond acceptors (Lipinski definition) is 4. The number of carbonyl (C=O) groups excluding carboxylic acids is 3. The molecule has 1 fully saturated rings. The summed E-state index contributed by atoms with van der Waals surface area (Å²) in [7, 11) is 0. The van der Waals surface area contributed by atoms with Crippen LogP contribution in [0.3, 0.4) is 0 Å². The normalized spacial score (nSPS) is 20.8. The highest BCUT2D eigenvalue weighted by atomic mass is 79.9. The van der Waals surface area contributed by atoms with Crippen molar-refractivity contribution in [2.45, 2.75) is 64.2 Å². The van der Waals surface area contributed by atoms with Crippen LogP contribution >= 0.6 is 15.9 Å². The molecule has 1 aromatic carbocycles. The average Bonchev–Trinajstić information content (AvgIpc) is 3.42. The number of likely N-dealkylation sites (N-methyl/N-ethyl adjacent to an activating group) is 1. The van der Waals surface area contributed by atoms with Crippen molar-refractivity contribution in [3.8, 4) is 0 Å². The molecule has 2 N–H and O–H groups in total. The Hall–Kier alpha value is -2.68. The van der Waals surface area contributed by atoms with Gasteiger partial charge in [-0.25, -0.2) is 4.98 Å². The number of nitrogens with one attached hydrogen (secondary N) is 2. The van der Waals surface area contributed by atoms with Crippen molar-refractivity contribution in [1.82, 2.24) is 25.1 Å². The van der Waals surface area contributed by atoms with Crippen LogP contribution in [0.4, 0.5) is 0 Å². The molecule has 1 atom stereocenters. The number of halogens is 1. The van der Waals surface area contributed by atoms with Crippen molar-refractivity contribution in [2.75, 3.05) is 6.54 Å². The van der Waals surface area contributed by atoms with Gasteiger partial charge in [0.15, 0.2) is 5.69 Å². The van der Waals surface area contributed by atoms with E-state index in [1.165, 1.54) is 6.33 Å². The molecule has 1 aromatic heterocycles. The number of hydrogen-bond donors (Lipinski definition) is 2. The number of carbonyl (C=O) groups is 3. The molecule has 2 aromatic rings. The van der Waals surface area contributed by atoms with Crippen molar-refractivity contribution in [3.05, 3.63) is 52.0 Å². The summed E-state index contributed by atoms with van der Waals surface area (Å²) in [6, 6.07) is 7.79. The summed E-state index contributed by atoms with van der Waals surface area (Å²) in [5.41, 5.74) is 0.205. The number of benzene rings is 1. The van der Waals surface area contributed by atoms with E-state index in [0.29, 0.717) is 13.1 Å². The Bertz CT molecular complexity index is 1050. The lowest BCUT2D eigenvalue weighted by Gasteiger charge is -2.43. The van der Waals surface area contributed by atoms with Gasteiger partial charge in [0.05, 0.1) is 12.9 Å². The van der Waals surface area contributed by atoms with Gasteiger partial charge in [-0.1, -0.05) is 40.9 Å². The largest absolute Gasteiger partial charge is 0.351 e. The molecule has 1 aliphatic carbocycles. The number of rotatable bonds is 6.